The molecule has 1 aliphatic rings. The second-order valence-corrected chi connectivity index (χ2v) is 5.79. The molecule has 0 amide bonds. The highest BCUT2D eigenvalue weighted by Gasteiger charge is 2.23. The summed E-state index contributed by atoms with van der Waals surface area (Å²) in [6.07, 6.45) is 10.1. The predicted octanol–water partition coefficient (Wildman–Crippen LogP) is 4.23. The molecule has 1 N–H and O–H groups in total. The molecule has 1 saturated carbocycles. The fraction of sp³-hybridized carbons (Fsp3) is 1.00. The van der Waals surface area contributed by atoms with Crippen molar-refractivity contribution in [2.75, 3.05) is 13.1 Å². The summed E-state index contributed by atoms with van der Waals surface area (Å²) in [5, 5.41) is 3.57. The number of rotatable bonds is 6. The Kier molecular flexibility index (Phi) is 7.11. The normalized spacial score (nSPS) is 22.7. The van der Waals surface area contributed by atoms with Gasteiger partial charge in [-0.25, -0.2) is 0 Å². The molecular weight excluding hydrogens is 194 g/mol. The minimum Gasteiger partial charge on any atom is -0.316 e. The van der Waals surface area contributed by atoms with E-state index in [0.29, 0.717) is 0 Å². The fourth-order valence-electron chi connectivity index (χ4n) is 2.99. The highest BCUT2D eigenvalue weighted by Crippen LogP contribution is 2.32. The molecule has 0 aromatic rings. The predicted molar refractivity (Wildman–Crippen MR) is 72.7 cm³/mol. The van der Waals surface area contributed by atoms with Crippen molar-refractivity contribution in [1.82, 2.24) is 5.32 Å². The number of hydrogen-bond donors (Lipinski definition) is 1. The zero-order valence-electron chi connectivity index (χ0n) is 11.6. The minimum atomic E-state index is 0.842. The first-order valence-corrected chi connectivity index (χ1v) is 7.46. The standard InChI is InChI=1S/C15H31N/c1-4-11-16-12-13(2)14(3)15-9-7-5-6-8-10-15/h13-16H,4-12H2,1-3H3. The molecule has 0 aromatic carbocycles. The third-order valence-electron chi connectivity index (χ3n) is 4.43. The van der Waals surface area contributed by atoms with E-state index >= 15 is 0 Å². The van der Waals surface area contributed by atoms with E-state index in [1.165, 1.54) is 58.0 Å². The zero-order chi connectivity index (χ0) is 11.8. The highest BCUT2D eigenvalue weighted by molar-refractivity contribution is 4.75. The Morgan fingerprint density at radius 1 is 1.06 bits per heavy atom. The molecule has 96 valence electrons. The topological polar surface area (TPSA) is 12.0 Å². The van der Waals surface area contributed by atoms with Gasteiger partial charge in [0.1, 0.15) is 0 Å². The van der Waals surface area contributed by atoms with Crippen LogP contribution in [0, 0.1) is 17.8 Å². The Bertz CT molecular complexity index is 159. The van der Waals surface area contributed by atoms with Crippen LogP contribution in [0.15, 0.2) is 0 Å². The molecule has 1 fully saturated rings. The summed E-state index contributed by atoms with van der Waals surface area (Å²) in [5.41, 5.74) is 0. The summed E-state index contributed by atoms with van der Waals surface area (Å²) in [6.45, 7) is 9.55. The van der Waals surface area contributed by atoms with Crippen LogP contribution in [0.3, 0.4) is 0 Å². The summed E-state index contributed by atoms with van der Waals surface area (Å²) in [7, 11) is 0. The van der Waals surface area contributed by atoms with Gasteiger partial charge >= 0.3 is 0 Å². The SMILES string of the molecule is CCCNCC(C)C(C)C1CCCCCC1. The van der Waals surface area contributed by atoms with Gasteiger partial charge in [0, 0.05) is 0 Å². The summed E-state index contributed by atoms with van der Waals surface area (Å²) < 4.78 is 0. The van der Waals surface area contributed by atoms with Crippen molar-refractivity contribution in [3.63, 3.8) is 0 Å². The van der Waals surface area contributed by atoms with Crippen molar-refractivity contribution < 1.29 is 0 Å². The van der Waals surface area contributed by atoms with Crippen molar-refractivity contribution in [3.8, 4) is 0 Å². The van der Waals surface area contributed by atoms with E-state index in [9.17, 15) is 0 Å². The molecule has 2 unspecified atom stereocenters. The molecule has 1 heteroatoms. The second-order valence-electron chi connectivity index (χ2n) is 5.79. The number of hydrogen-bond acceptors (Lipinski definition) is 1. The Morgan fingerprint density at radius 2 is 1.69 bits per heavy atom. The van der Waals surface area contributed by atoms with E-state index < -0.39 is 0 Å². The van der Waals surface area contributed by atoms with E-state index in [1.54, 1.807) is 0 Å². The van der Waals surface area contributed by atoms with Crippen LogP contribution in [0.4, 0.5) is 0 Å². The lowest BCUT2D eigenvalue weighted by Crippen LogP contribution is -2.29. The lowest BCUT2D eigenvalue weighted by molar-refractivity contribution is 0.233. The van der Waals surface area contributed by atoms with Gasteiger partial charge in [0.25, 0.3) is 0 Å². The molecule has 0 radical (unpaired) electrons. The van der Waals surface area contributed by atoms with Crippen molar-refractivity contribution in [2.45, 2.75) is 65.7 Å². The van der Waals surface area contributed by atoms with Crippen LogP contribution in [-0.4, -0.2) is 13.1 Å². The van der Waals surface area contributed by atoms with Crippen LogP contribution in [0.25, 0.3) is 0 Å². The van der Waals surface area contributed by atoms with E-state index in [4.69, 9.17) is 0 Å². The smallest absolute Gasteiger partial charge is 0.00205 e. The van der Waals surface area contributed by atoms with Crippen LogP contribution in [0.5, 0.6) is 0 Å². The van der Waals surface area contributed by atoms with Crippen LogP contribution >= 0.6 is 0 Å². The molecule has 0 aromatic heterocycles. The van der Waals surface area contributed by atoms with Gasteiger partial charge in [0.15, 0.2) is 0 Å². The first-order valence-electron chi connectivity index (χ1n) is 7.46. The maximum absolute atomic E-state index is 3.57. The first kappa shape index (κ1) is 14.0. The monoisotopic (exact) mass is 225 g/mol. The highest BCUT2D eigenvalue weighted by atomic mass is 14.8. The molecule has 1 nitrogen and oxygen atoms in total. The fourth-order valence-corrected chi connectivity index (χ4v) is 2.99. The molecule has 0 spiro atoms. The zero-order valence-corrected chi connectivity index (χ0v) is 11.6. The third kappa shape index (κ3) is 4.86. The van der Waals surface area contributed by atoms with Crippen molar-refractivity contribution >= 4 is 0 Å². The minimum absolute atomic E-state index is 0.842. The van der Waals surface area contributed by atoms with Gasteiger partial charge in [-0.2, -0.15) is 0 Å². The maximum atomic E-state index is 3.57. The Labute approximate surface area is 102 Å². The average molecular weight is 225 g/mol. The van der Waals surface area contributed by atoms with Gasteiger partial charge in [-0.3, -0.25) is 0 Å². The van der Waals surface area contributed by atoms with E-state index in [-0.39, 0.29) is 0 Å². The second kappa shape index (κ2) is 8.11. The summed E-state index contributed by atoms with van der Waals surface area (Å²) >= 11 is 0. The van der Waals surface area contributed by atoms with Crippen LogP contribution < -0.4 is 5.32 Å². The summed E-state index contributed by atoms with van der Waals surface area (Å²) in [5.74, 6) is 2.75. The maximum Gasteiger partial charge on any atom is -0.00205 e. The largest absolute Gasteiger partial charge is 0.316 e. The molecular formula is C15H31N. The molecule has 2 atom stereocenters. The van der Waals surface area contributed by atoms with Gasteiger partial charge in [0.2, 0.25) is 0 Å². The van der Waals surface area contributed by atoms with Crippen molar-refractivity contribution in [1.29, 1.82) is 0 Å². The van der Waals surface area contributed by atoms with Gasteiger partial charge in [-0.1, -0.05) is 59.3 Å². The van der Waals surface area contributed by atoms with E-state index in [2.05, 4.69) is 26.1 Å². The van der Waals surface area contributed by atoms with Crippen LogP contribution in [-0.2, 0) is 0 Å². The molecule has 16 heavy (non-hydrogen) atoms. The lowest BCUT2D eigenvalue weighted by atomic mass is 9.80. The average Bonchev–Trinajstić information content (AvgIpc) is 2.56. The Hall–Kier alpha value is -0.0400. The van der Waals surface area contributed by atoms with Crippen LogP contribution in [0.1, 0.15) is 65.7 Å². The van der Waals surface area contributed by atoms with Gasteiger partial charge in [-0.05, 0) is 37.3 Å². The van der Waals surface area contributed by atoms with Gasteiger partial charge in [-0.15, -0.1) is 0 Å². The summed E-state index contributed by atoms with van der Waals surface area (Å²) in [6, 6.07) is 0. The lowest BCUT2D eigenvalue weighted by Gasteiger charge is -2.28. The molecule has 0 aliphatic heterocycles. The van der Waals surface area contributed by atoms with Gasteiger partial charge in [0.05, 0.1) is 0 Å². The van der Waals surface area contributed by atoms with Crippen molar-refractivity contribution in [3.05, 3.63) is 0 Å². The molecule has 0 heterocycles. The quantitative estimate of drug-likeness (QED) is 0.527. The van der Waals surface area contributed by atoms with Gasteiger partial charge < -0.3 is 5.32 Å². The number of nitrogens with one attached hydrogen (secondary N) is 1. The first-order chi connectivity index (χ1) is 7.75. The molecule has 1 aliphatic carbocycles. The van der Waals surface area contributed by atoms with Crippen LogP contribution in [0.2, 0.25) is 0 Å². The van der Waals surface area contributed by atoms with E-state index in [0.717, 1.165) is 17.8 Å². The Balaban J connectivity index is 2.26. The van der Waals surface area contributed by atoms with E-state index in [1.807, 2.05) is 0 Å². The Morgan fingerprint density at radius 3 is 2.25 bits per heavy atom. The van der Waals surface area contributed by atoms with Crippen molar-refractivity contribution in [2.24, 2.45) is 17.8 Å². The molecule has 0 bridgehead atoms. The third-order valence-corrected chi connectivity index (χ3v) is 4.43. The summed E-state index contributed by atoms with van der Waals surface area (Å²) in [4.78, 5) is 0. The molecule has 1 rings (SSSR count). The molecule has 0 saturated heterocycles.